The van der Waals surface area contributed by atoms with Gasteiger partial charge in [-0.15, -0.1) is 0 Å². The Labute approximate surface area is 97.6 Å². The Bertz CT molecular complexity index is 557. The highest BCUT2D eigenvalue weighted by Gasteiger charge is 2.09. The molecule has 0 aliphatic carbocycles. The van der Waals surface area contributed by atoms with Crippen molar-refractivity contribution in [1.82, 2.24) is 15.0 Å². The molecule has 2 heterocycles. The first kappa shape index (κ1) is 11.3. The van der Waals surface area contributed by atoms with Gasteiger partial charge in [-0.05, 0) is 13.0 Å². The van der Waals surface area contributed by atoms with E-state index < -0.39 is 5.97 Å². The van der Waals surface area contributed by atoms with Crippen LogP contribution < -0.4 is 4.74 Å². The van der Waals surface area contributed by atoms with Gasteiger partial charge in [-0.2, -0.15) is 4.98 Å². The zero-order valence-electron chi connectivity index (χ0n) is 9.51. The van der Waals surface area contributed by atoms with Crippen molar-refractivity contribution in [2.75, 3.05) is 13.7 Å². The van der Waals surface area contributed by atoms with Crippen LogP contribution in [0.1, 0.15) is 5.82 Å². The maximum Gasteiger partial charge on any atom is 0.343 e. The molecule has 2 aromatic rings. The van der Waals surface area contributed by atoms with Gasteiger partial charge in [-0.1, -0.05) is 0 Å². The zero-order valence-corrected chi connectivity index (χ0v) is 9.51. The van der Waals surface area contributed by atoms with Crippen LogP contribution in [-0.4, -0.2) is 34.6 Å². The van der Waals surface area contributed by atoms with Crippen molar-refractivity contribution < 1.29 is 14.3 Å². The maximum atomic E-state index is 11.0. The van der Waals surface area contributed by atoms with Crippen molar-refractivity contribution in [2.45, 2.75) is 6.92 Å². The largest absolute Gasteiger partial charge is 0.466 e. The first-order chi connectivity index (χ1) is 8.20. The lowest BCUT2D eigenvalue weighted by Gasteiger charge is -2.07. The van der Waals surface area contributed by atoms with Gasteiger partial charge in [0, 0.05) is 6.20 Å². The number of esters is 1. The van der Waals surface area contributed by atoms with E-state index in [2.05, 4.69) is 19.7 Å². The van der Waals surface area contributed by atoms with E-state index in [1.54, 1.807) is 25.4 Å². The average molecular weight is 233 g/mol. The van der Waals surface area contributed by atoms with E-state index in [0.717, 1.165) is 5.39 Å². The van der Waals surface area contributed by atoms with Gasteiger partial charge >= 0.3 is 5.97 Å². The van der Waals surface area contributed by atoms with E-state index in [1.165, 1.54) is 7.11 Å². The number of carbonyl (C=O) groups excluding carboxylic acids is 1. The summed E-state index contributed by atoms with van der Waals surface area (Å²) < 4.78 is 9.79. The minimum atomic E-state index is -0.455. The molecule has 0 fully saturated rings. The van der Waals surface area contributed by atoms with Crippen molar-refractivity contribution in [1.29, 1.82) is 0 Å². The predicted octanol–water partition coefficient (Wildman–Crippen LogP) is 0.885. The number of nitrogens with zero attached hydrogens (tertiary/aromatic N) is 3. The molecule has 88 valence electrons. The molecule has 6 heteroatoms. The lowest BCUT2D eigenvalue weighted by Crippen LogP contribution is -2.13. The highest BCUT2D eigenvalue weighted by atomic mass is 16.6. The molecule has 0 radical (unpaired) electrons. The lowest BCUT2D eigenvalue weighted by atomic mass is 10.3. The second kappa shape index (κ2) is 4.73. The van der Waals surface area contributed by atoms with Crippen LogP contribution in [-0.2, 0) is 9.53 Å². The van der Waals surface area contributed by atoms with Gasteiger partial charge in [0.1, 0.15) is 5.82 Å². The second-order valence-corrected chi connectivity index (χ2v) is 3.33. The molecule has 17 heavy (non-hydrogen) atoms. The van der Waals surface area contributed by atoms with Gasteiger partial charge in [0.25, 0.3) is 0 Å². The number of aryl methyl sites for hydroxylation is 1. The Balaban J connectivity index is 2.35. The fourth-order valence-corrected chi connectivity index (χ4v) is 1.36. The smallest absolute Gasteiger partial charge is 0.343 e. The molecule has 0 N–H and O–H groups in total. The fraction of sp³-hybridized carbons (Fsp3) is 0.273. The predicted molar refractivity (Wildman–Crippen MR) is 59.6 cm³/mol. The Hall–Kier alpha value is -2.24. The molecule has 6 nitrogen and oxygen atoms in total. The lowest BCUT2D eigenvalue weighted by molar-refractivity contribution is -0.142. The Morgan fingerprint density at radius 3 is 3.00 bits per heavy atom. The molecular formula is C11H11N3O3. The topological polar surface area (TPSA) is 74.2 Å². The monoisotopic (exact) mass is 233 g/mol. The first-order valence-corrected chi connectivity index (χ1v) is 4.98. The van der Waals surface area contributed by atoms with Crippen LogP contribution in [0.3, 0.4) is 0 Å². The molecule has 0 aliphatic heterocycles. The minimum Gasteiger partial charge on any atom is -0.466 e. The minimum absolute atomic E-state index is 0.176. The highest BCUT2D eigenvalue weighted by Crippen LogP contribution is 2.20. The quantitative estimate of drug-likeness (QED) is 0.733. The number of hydrogen-bond acceptors (Lipinski definition) is 6. The normalized spacial score (nSPS) is 10.2. The van der Waals surface area contributed by atoms with Crippen LogP contribution in [0.2, 0.25) is 0 Å². The number of rotatable bonds is 3. The van der Waals surface area contributed by atoms with Crippen molar-refractivity contribution in [2.24, 2.45) is 0 Å². The van der Waals surface area contributed by atoms with Crippen LogP contribution >= 0.6 is 0 Å². The Kier molecular flexibility index (Phi) is 3.13. The van der Waals surface area contributed by atoms with Crippen LogP contribution in [0.25, 0.3) is 10.9 Å². The van der Waals surface area contributed by atoms with Crippen LogP contribution in [0.4, 0.5) is 0 Å². The molecule has 0 unspecified atom stereocenters. The molecule has 0 aromatic carbocycles. The summed E-state index contributed by atoms with van der Waals surface area (Å²) in [5.74, 6) is 0.467. The van der Waals surface area contributed by atoms with Crippen molar-refractivity contribution in [3.8, 4) is 5.88 Å². The van der Waals surface area contributed by atoms with E-state index >= 15 is 0 Å². The standard InChI is InChI=1S/C11H11N3O3/c1-7-13-9-5-12-4-3-8(9)11(14-7)17-6-10(15)16-2/h3-5H,6H2,1-2H3. The molecule has 0 aliphatic rings. The van der Waals surface area contributed by atoms with Crippen LogP contribution in [0.15, 0.2) is 18.5 Å². The van der Waals surface area contributed by atoms with Gasteiger partial charge in [-0.3, -0.25) is 4.98 Å². The SMILES string of the molecule is COC(=O)COc1nc(C)nc2cnccc12. The van der Waals surface area contributed by atoms with Gasteiger partial charge in [0.2, 0.25) is 5.88 Å². The number of pyridine rings is 1. The summed E-state index contributed by atoms with van der Waals surface area (Å²) in [7, 11) is 1.30. The summed E-state index contributed by atoms with van der Waals surface area (Å²) in [6.07, 6.45) is 3.24. The van der Waals surface area contributed by atoms with Crippen molar-refractivity contribution in [3.63, 3.8) is 0 Å². The molecule has 0 saturated carbocycles. The summed E-state index contributed by atoms with van der Waals surface area (Å²) in [6.45, 7) is 1.57. The number of fused-ring (bicyclic) bond motifs is 1. The first-order valence-electron chi connectivity index (χ1n) is 4.98. The van der Waals surface area contributed by atoms with E-state index in [0.29, 0.717) is 17.2 Å². The van der Waals surface area contributed by atoms with Gasteiger partial charge in [-0.25, -0.2) is 9.78 Å². The summed E-state index contributed by atoms with van der Waals surface area (Å²) in [5.41, 5.74) is 0.680. The number of methoxy groups -OCH3 is 1. The van der Waals surface area contributed by atoms with Crippen LogP contribution in [0, 0.1) is 6.92 Å². The van der Waals surface area contributed by atoms with E-state index in [1.807, 2.05) is 0 Å². The number of carbonyl (C=O) groups is 1. The van der Waals surface area contributed by atoms with E-state index in [4.69, 9.17) is 4.74 Å². The van der Waals surface area contributed by atoms with Crippen molar-refractivity contribution >= 4 is 16.9 Å². The highest BCUT2D eigenvalue weighted by molar-refractivity contribution is 5.82. The number of hydrogen-bond donors (Lipinski definition) is 0. The van der Waals surface area contributed by atoms with Crippen LogP contribution in [0.5, 0.6) is 5.88 Å². The van der Waals surface area contributed by atoms with Gasteiger partial charge < -0.3 is 9.47 Å². The maximum absolute atomic E-state index is 11.0. The van der Waals surface area contributed by atoms with Gasteiger partial charge in [0.05, 0.1) is 24.2 Å². The summed E-state index contributed by atoms with van der Waals surface area (Å²) in [5, 5.41) is 0.717. The molecule has 0 amide bonds. The third kappa shape index (κ3) is 2.47. The second-order valence-electron chi connectivity index (χ2n) is 3.33. The van der Waals surface area contributed by atoms with Crippen molar-refractivity contribution in [3.05, 3.63) is 24.3 Å². The average Bonchev–Trinajstić information content (AvgIpc) is 2.35. The summed E-state index contributed by atoms with van der Waals surface area (Å²) in [4.78, 5) is 23.3. The molecule has 2 rings (SSSR count). The zero-order chi connectivity index (χ0) is 12.3. The fourth-order valence-electron chi connectivity index (χ4n) is 1.36. The Morgan fingerprint density at radius 2 is 2.24 bits per heavy atom. The molecule has 0 spiro atoms. The Morgan fingerprint density at radius 1 is 1.41 bits per heavy atom. The number of ether oxygens (including phenoxy) is 2. The molecular weight excluding hydrogens is 222 g/mol. The molecule has 0 bridgehead atoms. The molecule has 0 saturated heterocycles. The third-order valence-corrected chi connectivity index (χ3v) is 2.13. The number of aromatic nitrogens is 3. The molecule has 0 atom stereocenters. The summed E-state index contributed by atoms with van der Waals surface area (Å²) in [6, 6.07) is 1.74. The van der Waals surface area contributed by atoms with E-state index in [-0.39, 0.29) is 6.61 Å². The van der Waals surface area contributed by atoms with E-state index in [9.17, 15) is 4.79 Å². The van der Waals surface area contributed by atoms with Gasteiger partial charge in [0.15, 0.2) is 6.61 Å². The molecule has 2 aromatic heterocycles. The third-order valence-electron chi connectivity index (χ3n) is 2.13. The summed E-state index contributed by atoms with van der Waals surface area (Å²) >= 11 is 0.